The smallest absolute Gasteiger partial charge is 0.318 e. The maximum absolute atomic E-state index is 12.5. The minimum atomic E-state index is -0.122. The van der Waals surface area contributed by atoms with Gasteiger partial charge in [-0.15, -0.1) is 11.8 Å². The van der Waals surface area contributed by atoms with Gasteiger partial charge in [-0.05, 0) is 42.9 Å². The fourth-order valence-electron chi connectivity index (χ4n) is 2.84. The predicted molar refractivity (Wildman–Crippen MR) is 107 cm³/mol. The molecule has 0 fully saturated rings. The number of anilines is 1. The zero-order chi connectivity index (χ0) is 19.2. The highest BCUT2D eigenvalue weighted by atomic mass is 32.2. The number of aliphatic hydroxyl groups excluding tert-OH is 1. The monoisotopic (exact) mass is 387 g/mol. The highest BCUT2D eigenvalue weighted by Crippen LogP contribution is 2.18. The Morgan fingerprint density at radius 2 is 2.15 bits per heavy atom. The molecule has 27 heavy (non-hydrogen) atoms. The van der Waals surface area contributed by atoms with Gasteiger partial charge in [0.05, 0.1) is 18.8 Å². The molecule has 8 heteroatoms. The molecule has 0 aliphatic carbocycles. The summed E-state index contributed by atoms with van der Waals surface area (Å²) in [4.78, 5) is 24.3. The molecule has 0 radical (unpaired) electrons. The van der Waals surface area contributed by atoms with Gasteiger partial charge in [0.15, 0.2) is 0 Å². The van der Waals surface area contributed by atoms with E-state index in [1.807, 2.05) is 25.3 Å². The molecule has 1 aliphatic rings. The maximum atomic E-state index is 12.5. The highest BCUT2D eigenvalue weighted by molar-refractivity contribution is 7.98. The van der Waals surface area contributed by atoms with E-state index in [9.17, 15) is 4.79 Å². The van der Waals surface area contributed by atoms with Gasteiger partial charge in [0.25, 0.3) is 0 Å². The van der Waals surface area contributed by atoms with E-state index in [-0.39, 0.29) is 18.7 Å². The van der Waals surface area contributed by atoms with Gasteiger partial charge in [-0.3, -0.25) is 0 Å². The number of carbonyl (C=O) groups excluding carboxylic acids is 1. The number of benzene rings is 1. The summed E-state index contributed by atoms with van der Waals surface area (Å²) in [6.07, 6.45) is 4.58. The van der Waals surface area contributed by atoms with E-state index >= 15 is 0 Å². The summed E-state index contributed by atoms with van der Waals surface area (Å²) >= 11 is 1.70. The summed E-state index contributed by atoms with van der Waals surface area (Å²) in [6.45, 7) is 3.47. The minimum Gasteiger partial charge on any atom is -0.394 e. The fraction of sp³-hybridized carbons (Fsp3) is 0.421. The van der Waals surface area contributed by atoms with Gasteiger partial charge in [-0.2, -0.15) is 0 Å². The Hall–Kier alpha value is -2.32. The van der Waals surface area contributed by atoms with Crippen LogP contribution in [-0.4, -0.2) is 51.5 Å². The van der Waals surface area contributed by atoms with E-state index in [0.717, 1.165) is 23.2 Å². The Morgan fingerprint density at radius 1 is 1.37 bits per heavy atom. The van der Waals surface area contributed by atoms with E-state index < -0.39 is 0 Å². The van der Waals surface area contributed by atoms with Crippen LogP contribution >= 0.6 is 11.8 Å². The Balaban J connectivity index is 1.58. The normalized spacial score (nSPS) is 14.4. The first kappa shape index (κ1) is 19.4. The van der Waals surface area contributed by atoms with Crippen LogP contribution in [0.1, 0.15) is 23.7 Å². The summed E-state index contributed by atoms with van der Waals surface area (Å²) in [7, 11) is 0. The lowest BCUT2D eigenvalue weighted by Crippen LogP contribution is -2.42. The van der Waals surface area contributed by atoms with Crippen molar-refractivity contribution in [2.24, 2.45) is 0 Å². The van der Waals surface area contributed by atoms with Crippen LogP contribution in [0.4, 0.5) is 10.7 Å². The summed E-state index contributed by atoms with van der Waals surface area (Å²) in [5.41, 5.74) is 2.99. The number of nitrogens with one attached hydrogen (secondary N) is 2. The maximum Gasteiger partial charge on any atom is 0.318 e. The van der Waals surface area contributed by atoms with Crippen molar-refractivity contribution in [3.05, 3.63) is 47.3 Å². The first-order chi connectivity index (χ1) is 13.1. The van der Waals surface area contributed by atoms with Crippen LogP contribution in [0.25, 0.3) is 0 Å². The molecule has 3 N–H and O–H groups in total. The molecule has 1 unspecified atom stereocenters. The zero-order valence-electron chi connectivity index (χ0n) is 15.6. The van der Waals surface area contributed by atoms with Crippen LogP contribution in [0.2, 0.25) is 0 Å². The van der Waals surface area contributed by atoms with Crippen LogP contribution in [0, 0.1) is 0 Å². The second kappa shape index (κ2) is 9.05. The molecule has 1 aromatic carbocycles. The summed E-state index contributed by atoms with van der Waals surface area (Å²) < 4.78 is 0. The van der Waals surface area contributed by atoms with Gasteiger partial charge in [-0.1, -0.05) is 12.1 Å². The summed E-state index contributed by atoms with van der Waals surface area (Å²) in [6, 6.07) is 7.97. The van der Waals surface area contributed by atoms with E-state index in [4.69, 9.17) is 5.11 Å². The van der Waals surface area contributed by atoms with Crippen LogP contribution in [-0.2, 0) is 19.5 Å². The number of hydrogen-bond donors (Lipinski definition) is 3. The Kier molecular flexibility index (Phi) is 6.52. The molecule has 144 valence electrons. The number of hydrogen-bond acceptors (Lipinski definition) is 6. The predicted octanol–water partition coefficient (Wildman–Crippen LogP) is 2.26. The number of aliphatic hydroxyl groups is 1. The van der Waals surface area contributed by atoms with Gasteiger partial charge in [-0.25, -0.2) is 14.8 Å². The molecule has 0 saturated carbocycles. The molecule has 2 heterocycles. The van der Waals surface area contributed by atoms with Crippen LogP contribution in [0.15, 0.2) is 35.4 Å². The molecule has 2 aromatic rings. The van der Waals surface area contributed by atoms with E-state index in [0.29, 0.717) is 25.6 Å². The average Bonchev–Trinajstić information content (AvgIpc) is 2.71. The first-order valence-corrected chi connectivity index (χ1v) is 10.2. The van der Waals surface area contributed by atoms with Crippen LogP contribution in [0.5, 0.6) is 0 Å². The van der Waals surface area contributed by atoms with Crippen molar-refractivity contribution >= 4 is 23.7 Å². The van der Waals surface area contributed by atoms with Gasteiger partial charge in [0, 0.05) is 30.2 Å². The fourth-order valence-corrected chi connectivity index (χ4v) is 3.25. The van der Waals surface area contributed by atoms with Crippen LogP contribution in [0.3, 0.4) is 0 Å². The number of carbonyl (C=O) groups is 1. The lowest BCUT2D eigenvalue weighted by atomic mass is 10.1. The quantitative estimate of drug-likeness (QED) is 0.659. The molecule has 1 atom stereocenters. The van der Waals surface area contributed by atoms with Crippen molar-refractivity contribution in [1.29, 1.82) is 0 Å². The third-order valence-electron chi connectivity index (χ3n) is 4.49. The van der Waals surface area contributed by atoms with Crippen molar-refractivity contribution in [3.8, 4) is 0 Å². The average molecular weight is 388 g/mol. The number of nitrogens with zero attached hydrogens (tertiary/aromatic N) is 3. The summed E-state index contributed by atoms with van der Waals surface area (Å²) in [5, 5.41) is 15.2. The van der Waals surface area contributed by atoms with Gasteiger partial charge in [0.2, 0.25) is 5.95 Å². The first-order valence-electron chi connectivity index (χ1n) is 8.97. The number of amides is 2. The van der Waals surface area contributed by atoms with E-state index in [2.05, 4.69) is 32.7 Å². The molecule has 1 aliphatic heterocycles. The van der Waals surface area contributed by atoms with Crippen molar-refractivity contribution in [2.45, 2.75) is 37.4 Å². The van der Waals surface area contributed by atoms with Crippen molar-refractivity contribution in [3.63, 3.8) is 0 Å². The minimum absolute atomic E-state index is 0.00684. The van der Waals surface area contributed by atoms with E-state index in [1.54, 1.807) is 22.9 Å². The second-order valence-electron chi connectivity index (χ2n) is 6.57. The van der Waals surface area contributed by atoms with Crippen molar-refractivity contribution < 1.29 is 9.90 Å². The molecular weight excluding hydrogens is 362 g/mol. The number of aromatic nitrogens is 2. The topological polar surface area (TPSA) is 90.4 Å². The van der Waals surface area contributed by atoms with Crippen LogP contribution < -0.4 is 10.6 Å². The molecule has 0 saturated heterocycles. The zero-order valence-corrected chi connectivity index (χ0v) is 16.4. The molecular formula is C19H25N5O2S. The van der Waals surface area contributed by atoms with E-state index in [1.165, 1.54) is 4.90 Å². The Morgan fingerprint density at radius 3 is 2.85 bits per heavy atom. The third-order valence-corrected chi connectivity index (χ3v) is 5.23. The van der Waals surface area contributed by atoms with Crippen molar-refractivity contribution in [2.75, 3.05) is 24.7 Å². The standard InChI is InChI=1S/C19H25N5O2S/c1-13(12-25)22-18-20-10-15-7-8-24(11-17(15)23-18)19(26)21-9-14-3-5-16(27-2)6-4-14/h3-6,10,13,25H,7-9,11-12H2,1-2H3,(H,21,26)(H,20,22,23). The molecule has 2 amide bonds. The Bertz CT molecular complexity index is 784. The number of thioether (sulfide) groups is 1. The molecule has 1 aromatic heterocycles. The van der Waals surface area contributed by atoms with Gasteiger partial charge < -0.3 is 20.6 Å². The molecule has 3 rings (SSSR count). The lowest BCUT2D eigenvalue weighted by Gasteiger charge is -2.28. The van der Waals surface area contributed by atoms with Crippen molar-refractivity contribution in [1.82, 2.24) is 20.2 Å². The lowest BCUT2D eigenvalue weighted by molar-refractivity contribution is 0.191. The SMILES string of the molecule is CSc1ccc(CNC(=O)N2CCc3cnc(NC(C)CO)nc3C2)cc1. The summed E-state index contributed by atoms with van der Waals surface area (Å²) in [5.74, 6) is 0.478. The number of urea groups is 1. The third kappa shape index (κ3) is 5.11. The highest BCUT2D eigenvalue weighted by Gasteiger charge is 2.22. The molecule has 0 bridgehead atoms. The van der Waals surface area contributed by atoms with Gasteiger partial charge in [0.1, 0.15) is 0 Å². The number of fused-ring (bicyclic) bond motifs is 1. The second-order valence-corrected chi connectivity index (χ2v) is 7.45. The largest absolute Gasteiger partial charge is 0.394 e. The molecule has 0 spiro atoms. The van der Waals surface area contributed by atoms with Gasteiger partial charge >= 0.3 is 6.03 Å². The Labute approximate surface area is 163 Å². The number of rotatable bonds is 6. The molecule has 7 nitrogen and oxygen atoms in total.